The number of hydrogen-bond donors (Lipinski definition) is 1. The van der Waals surface area contributed by atoms with Gasteiger partial charge in [-0.05, 0) is 52.6 Å². The Balaban J connectivity index is 2.02. The van der Waals surface area contributed by atoms with Gasteiger partial charge in [-0.3, -0.25) is 4.90 Å². The topological polar surface area (TPSA) is 42.2 Å². The molecule has 0 amide bonds. The second kappa shape index (κ2) is 5.27. The van der Waals surface area contributed by atoms with Crippen LogP contribution in [0.1, 0.15) is 49.2 Å². The van der Waals surface area contributed by atoms with E-state index in [-0.39, 0.29) is 5.54 Å². The van der Waals surface area contributed by atoms with Gasteiger partial charge in [-0.2, -0.15) is 0 Å². The summed E-state index contributed by atoms with van der Waals surface area (Å²) in [5.74, 6) is 0.887. The number of piperidine rings is 1. The van der Waals surface area contributed by atoms with Crippen molar-refractivity contribution in [3.05, 3.63) is 15.6 Å². The summed E-state index contributed by atoms with van der Waals surface area (Å²) in [4.78, 5) is 8.43. The average molecular weight is 267 g/mol. The van der Waals surface area contributed by atoms with Crippen LogP contribution in [-0.2, 0) is 12.1 Å². The predicted octanol–water partition coefficient (Wildman–Crippen LogP) is 2.88. The predicted molar refractivity (Wildman–Crippen MR) is 77.7 cm³/mol. The Morgan fingerprint density at radius 2 is 2.00 bits per heavy atom. The molecule has 2 N–H and O–H groups in total. The largest absolute Gasteiger partial charge is 0.321 e. The van der Waals surface area contributed by atoms with E-state index in [1.54, 1.807) is 11.3 Å². The van der Waals surface area contributed by atoms with Gasteiger partial charge in [0.1, 0.15) is 5.01 Å². The van der Waals surface area contributed by atoms with Gasteiger partial charge in [0.25, 0.3) is 0 Å². The van der Waals surface area contributed by atoms with Gasteiger partial charge in [0.15, 0.2) is 0 Å². The highest BCUT2D eigenvalue weighted by atomic mass is 32.1. The van der Waals surface area contributed by atoms with Crippen molar-refractivity contribution in [1.82, 2.24) is 9.88 Å². The summed E-state index contributed by atoms with van der Waals surface area (Å²) in [7, 11) is 0. The molecular formula is C14H25N3S. The quantitative estimate of drug-likeness (QED) is 0.915. The van der Waals surface area contributed by atoms with Crippen LogP contribution < -0.4 is 5.73 Å². The summed E-state index contributed by atoms with van der Waals surface area (Å²) < 4.78 is 0. The van der Waals surface area contributed by atoms with Crippen molar-refractivity contribution in [2.75, 3.05) is 13.1 Å². The van der Waals surface area contributed by atoms with Crippen LogP contribution in [0.5, 0.6) is 0 Å². The van der Waals surface area contributed by atoms with Crippen LogP contribution in [0.15, 0.2) is 0 Å². The summed E-state index contributed by atoms with van der Waals surface area (Å²) in [6.07, 6.45) is 2.64. The minimum atomic E-state index is -0.267. The van der Waals surface area contributed by atoms with Crippen molar-refractivity contribution in [3.63, 3.8) is 0 Å². The third-order valence-corrected chi connectivity index (χ3v) is 5.14. The first-order valence-electron chi connectivity index (χ1n) is 6.84. The summed E-state index contributed by atoms with van der Waals surface area (Å²) >= 11 is 1.78. The first-order chi connectivity index (χ1) is 8.36. The Hall–Kier alpha value is -0.450. The fourth-order valence-corrected chi connectivity index (χ4v) is 3.65. The zero-order valence-corrected chi connectivity index (χ0v) is 12.8. The molecule has 18 heavy (non-hydrogen) atoms. The standard InChI is InChI=1S/C14H25N3S/c1-10-5-7-17(8-6-10)9-12-16-11(2)13(18-12)14(3,4)15/h10H,5-9,15H2,1-4H3. The molecule has 0 aromatic carbocycles. The minimum Gasteiger partial charge on any atom is -0.321 e. The van der Waals surface area contributed by atoms with Gasteiger partial charge in [0, 0.05) is 10.4 Å². The number of nitrogens with zero attached hydrogens (tertiary/aromatic N) is 2. The Morgan fingerprint density at radius 1 is 1.39 bits per heavy atom. The van der Waals surface area contributed by atoms with E-state index in [0.717, 1.165) is 18.2 Å². The Labute approximate surface area is 114 Å². The first-order valence-corrected chi connectivity index (χ1v) is 7.66. The lowest BCUT2D eigenvalue weighted by Crippen LogP contribution is -2.32. The van der Waals surface area contributed by atoms with E-state index in [1.807, 2.05) is 0 Å². The highest BCUT2D eigenvalue weighted by Gasteiger charge is 2.23. The summed E-state index contributed by atoms with van der Waals surface area (Å²) in [5, 5.41) is 1.22. The average Bonchev–Trinajstić information content (AvgIpc) is 2.63. The summed E-state index contributed by atoms with van der Waals surface area (Å²) in [5.41, 5.74) is 7.02. The van der Waals surface area contributed by atoms with Crippen LogP contribution in [0.2, 0.25) is 0 Å². The Morgan fingerprint density at radius 3 is 2.50 bits per heavy atom. The fraction of sp³-hybridized carbons (Fsp3) is 0.786. The molecule has 102 valence electrons. The number of likely N-dealkylation sites (tertiary alicyclic amines) is 1. The molecule has 0 bridgehead atoms. The van der Waals surface area contributed by atoms with Crippen molar-refractivity contribution >= 4 is 11.3 Å². The van der Waals surface area contributed by atoms with E-state index in [9.17, 15) is 0 Å². The maximum atomic E-state index is 6.18. The molecule has 3 nitrogen and oxygen atoms in total. The lowest BCUT2D eigenvalue weighted by Gasteiger charge is -2.29. The number of aromatic nitrogens is 1. The number of aryl methyl sites for hydroxylation is 1. The lowest BCUT2D eigenvalue weighted by molar-refractivity contribution is 0.185. The second-order valence-electron chi connectivity index (χ2n) is 6.20. The Kier molecular flexibility index (Phi) is 4.09. The summed E-state index contributed by atoms with van der Waals surface area (Å²) in [6, 6.07) is 0. The molecule has 0 saturated carbocycles. The first kappa shape index (κ1) is 14.0. The maximum Gasteiger partial charge on any atom is 0.107 e. The van der Waals surface area contributed by atoms with Gasteiger partial charge in [0.05, 0.1) is 12.2 Å². The molecular weight excluding hydrogens is 242 g/mol. The minimum absolute atomic E-state index is 0.267. The van der Waals surface area contributed by atoms with Crippen molar-refractivity contribution in [2.45, 2.75) is 52.6 Å². The Bertz CT molecular complexity index is 398. The van der Waals surface area contributed by atoms with Crippen LogP contribution in [-0.4, -0.2) is 23.0 Å². The number of thiazole rings is 1. The molecule has 0 aliphatic carbocycles. The lowest BCUT2D eigenvalue weighted by atomic mass is 9.99. The maximum absolute atomic E-state index is 6.18. The van der Waals surface area contributed by atoms with Crippen LogP contribution in [0, 0.1) is 12.8 Å². The molecule has 1 aliphatic rings. The molecule has 0 atom stereocenters. The third-order valence-electron chi connectivity index (χ3n) is 3.66. The zero-order chi connectivity index (χ0) is 13.3. The van der Waals surface area contributed by atoms with Crippen LogP contribution >= 0.6 is 11.3 Å². The van der Waals surface area contributed by atoms with Crippen LogP contribution in [0.3, 0.4) is 0 Å². The molecule has 0 unspecified atom stereocenters. The van der Waals surface area contributed by atoms with E-state index in [0.29, 0.717) is 0 Å². The SMILES string of the molecule is Cc1nc(CN2CCC(C)CC2)sc1C(C)(C)N. The molecule has 1 aromatic rings. The molecule has 1 aromatic heterocycles. The molecule has 1 saturated heterocycles. The van der Waals surface area contributed by atoms with Crippen molar-refractivity contribution in [3.8, 4) is 0 Å². The third kappa shape index (κ3) is 3.31. The van der Waals surface area contributed by atoms with Crippen molar-refractivity contribution < 1.29 is 0 Å². The van der Waals surface area contributed by atoms with Crippen molar-refractivity contribution in [2.24, 2.45) is 11.7 Å². The van der Waals surface area contributed by atoms with Gasteiger partial charge >= 0.3 is 0 Å². The monoisotopic (exact) mass is 267 g/mol. The molecule has 0 radical (unpaired) electrons. The van der Waals surface area contributed by atoms with Gasteiger partial charge in [0.2, 0.25) is 0 Å². The van der Waals surface area contributed by atoms with Gasteiger partial charge in [-0.15, -0.1) is 11.3 Å². The van der Waals surface area contributed by atoms with E-state index in [2.05, 4.69) is 37.6 Å². The fourth-order valence-electron chi connectivity index (χ4n) is 2.53. The normalized spacial score (nSPS) is 19.4. The molecule has 0 spiro atoms. The van der Waals surface area contributed by atoms with Crippen LogP contribution in [0.4, 0.5) is 0 Å². The highest BCUT2D eigenvalue weighted by molar-refractivity contribution is 7.11. The number of nitrogens with two attached hydrogens (primary N) is 1. The van der Waals surface area contributed by atoms with Gasteiger partial charge < -0.3 is 5.73 Å². The highest BCUT2D eigenvalue weighted by Crippen LogP contribution is 2.29. The van der Waals surface area contributed by atoms with E-state index >= 15 is 0 Å². The van der Waals surface area contributed by atoms with E-state index in [1.165, 1.54) is 35.8 Å². The second-order valence-corrected chi connectivity index (χ2v) is 7.29. The van der Waals surface area contributed by atoms with Crippen molar-refractivity contribution in [1.29, 1.82) is 0 Å². The molecule has 2 heterocycles. The van der Waals surface area contributed by atoms with Crippen LogP contribution in [0.25, 0.3) is 0 Å². The zero-order valence-electron chi connectivity index (χ0n) is 12.0. The molecule has 1 fully saturated rings. The van der Waals surface area contributed by atoms with E-state index < -0.39 is 0 Å². The smallest absolute Gasteiger partial charge is 0.107 e. The van der Waals surface area contributed by atoms with Gasteiger partial charge in [-0.1, -0.05) is 6.92 Å². The van der Waals surface area contributed by atoms with E-state index in [4.69, 9.17) is 5.73 Å². The summed E-state index contributed by atoms with van der Waals surface area (Å²) in [6.45, 7) is 11.9. The molecule has 4 heteroatoms. The number of hydrogen-bond acceptors (Lipinski definition) is 4. The molecule has 1 aliphatic heterocycles. The molecule has 2 rings (SSSR count). The van der Waals surface area contributed by atoms with Gasteiger partial charge in [-0.25, -0.2) is 4.98 Å². The number of rotatable bonds is 3.